The maximum absolute atomic E-state index is 6.38. The van der Waals surface area contributed by atoms with Gasteiger partial charge >= 0.3 is 0 Å². The van der Waals surface area contributed by atoms with Gasteiger partial charge in [-0.25, -0.2) is 4.98 Å². The number of ether oxygens (including phenoxy) is 1. The highest BCUT2D eigenvalue weighted by Gasteiger charge is 2.09. The van der Waals surface area contributed by atoms with Crippen LogP contribution in [0.4, 0.5) is 0 Å². The molecule has 0 bridgehead atoms. The predicted octanol–water partition coefficient (Wildman–Crippen LogP) is 4.53. The maximum atomic E-state index is 6.38. The Labute approximate surface area is 125 Å². The minimum atomic E-state index is 0.632. The minimum Gasteiger partial charge on any atom is -0.473 e. The first-order chi connectivity index (χ1) is 9.78. The van der Waals surface area contributed by atoms with Crippen LogP contribution in [0.25, 0.3) is 21.6 Å². The van der Waals surface area contributed by atoms with Gasteiger partial charge in [-0.15, -0.1) is 0 Å². The molecule has 2 heterocycles. The van der Waals surface area contributed by atoms with Gasteiger partial charge in [0.1, 0.15) is 0 Å². The van der Waals surface area contributed by atoms with E-state index in [1.54, 1.807) is 19.5 Å². The van der Waals surface area contributed by atoms with Gasteiger partial charge in [0, 0.05) is 34.7 Å². The number of nitrogens with zero attached hydrogens (tertiary/aromatic N) is 2. The molecule has 20 heavy (non-hydrogen) atoms. The van der Waals surface area contributed by atoms with Crippen molar-refractivity contribution in [1.82, 2.24) is 9.97 Å². The van der Waals surface area contributed by atoms with E-state index in [1.807, 2.05) is 36.5 Å². The summed E-state index contributed by atoms with van der Waals surface area (Å²) in [5, 5.41) is 1.32. The molecule has 0 aliphatic rings. The van der Waals surface area contributed by atoms with Gasteiger partial charge in [-0.1, -0.05) is 41.1 Å². The Balaban J connectivity index is 1.99. The molecule has 5 heteroatoms. The quantitative estimate of drug-likeness (QED) is 0.713. The van der Waals surface area contributed by atoms with Crippen LogP contribution in [0.5, 0.6) is 5.19 Å². The normalized spacial score (nSPS) is 10.5. The van der Waals surface area contributed by atoms with Crippen molar-refractivity contribution in [3.05, 3.63) is 53.9 Å². The van der Waals surface area contributed by atoms with Crippen LogP contribution in [0, 0.1) is 0 Å². The zero-order chi connectivity index (χ0) is 13.9. The summed E-state index contributed by atoms with van der Waals surface area (Å²) in [6.07, 6.45) is 5.35. The first-order valence-corrected chi connectivity index (χ1v) is 7.17. The molecule has 0 spiro atoms. The number of hydrogen-bond donors (Lipinski definition) is 0. The Morgan fingerprint density at radius 1 is 1.15 bits per heavy atom. The predicted molar refractivity (Wildman–Crippen MR) is 82.3 cm³/mol. The lowest BCUT2D eigenvalue weighted by Crippen LogP contribution is -1.81. The highest BCUT2D eigenvalue weighted by atomic mass is 35.5. The molecule has 0 fully saturated rings. The van der Waals surface area contributed by atoms with Crippen LogP contribution >= 0.6 is 22.9 Å². The molecule has 1 aromatic carbocycles. The van der Waals surface area contributed by atoms with E-state index in [0.29, 0.717) is 10.2 Å². The van der Waals surface area contributed by atoms with Gasteiger partial charge in [0.15, 0.2) is 0 Å². The van der Waals surface area contributed by atoms with Gasteiger partial charge in [0.05, 0.1) is 12.0 Å². The van der Waals surface area contributed by atoms with Crippen LogP contribution in [-0.4, -0.2) is 17.1 Å². The molecular weight excluding hydrogens is 292 g/mol. The third-order valence-electron chi connectivity index (χ3n) is 2.89. The molecule has 2 aromatic heterocycles. The molecular formula is C15H11ClN2OS. The van der Waals surface area contributed by atoms with E-state index in [-0.39, 0.29) is 0 Å². The monoisotopic (exact) mass is 302 g/mol. The molecule has 3 nitrogen and oxygen atoms in total. The lowest BCUT2D eigenvalue weighted by molar-refractivity contribution is 0.412. The van der Waals surface area contributed by atoms with Crippen LogP contribution in [0.15, 0.2) is 48.9 Å². The summed E-state index contributed by atoms with van der Waals surface area (Å²) in [6, 6.07) is 9.89. The number of halogens is 1. The van der Waals surface area contributed by atoms with Gasteiger partial charge in [-0.2, -0.15) is 0 Å². The van der Waals surface area contributed by atoms with Crippen LogP contribution < -0.4 is 4.74 Å². The van der Waals surface area contributed by atoms with Crippen molar-refractivity contribution in [2.24, 2.45) is 0 Å². The van der Waals surface area contributed by atoms with Crippen LogP contribution in [-0.2, 0) is 0 Å². The Morgan fingerprint density at radius 2 is 2.05 bits per heavy atom. The molecule has 0 aliphatic carbocycles. The average Bonchev–Trinajstić information content (AvgIpc) is 2.97. The summed E-state index contributed by atoms with van der Waals surface area (Å²) < 4.78 is 5.11. The number of methoxy groups -OCH3 is 1. The lowest BCUT2D eigenvalue weighted by atomic mass is 10.1. The number of benzene rings is 1. The van der Waals surface area contributed by atoms with E-state index < -0.39 is 0 Å². The fraction of sp³-hybridized carbons (Fsp3) is 0.0667. The van der Waals surface area contributed by atoms with Gasteiger partial charge in [0.25, 0.3) is 5.19 Å². The zero-order valence-corrected chi connectivity index (χ0v) is 12.3. The Kier molecular flexibility index (Phi) is 3.67. The van der Waals surface area contributed by atoms with Crippen LogP contribution in [0.1, 0.15) is 0 Å². The van der Waals surface area contributed by atoms with Crippen molar-refractivity contribution in [3.8, 4) is 26.8 Å². The number of thiazole rings is 1. The van der Waals surface area contributed by atoms with Crippen molar-refractivity contribution < 1.29 is 4.74 Å². The molecule has 0 unspecified atom stereocenters. The van der Waals surface area contributed by atoms with Crippen LogP contribution in [0.3, 0.4) is 0 Å². The lowest BCUT2D eigenvalue weighted by Gasteiger charge is -2.05. The van der Waals surface area contributed by atoms with Gasteiger partial charge < -0.3 is 4.74 Å². The van der Waals surface area contributed by atoms with Gasteiger partial charge in [-0.3, -0.25) is 4.98 Å². The SMILES string of the molecule is COc1ncc(-c2ccc(-c3cccnc3)cc2Cl)s1. The summed E-state index contributed by atoms with van der Waals surface area (Å²) in [6.45, 7) is 0. The number of rotatable bonds is 3. The number of pyridine rings is 1. The van der Waals surface area contributed by atoms with E-state index in [2.05, 4.69) is 9.97 Å². The summed E-state index contributed by atoms with van der Waals surface area (Å²) >= 11 is 7.86. The molecule has 0 saturated heterocycles. The number of hydrogen-bond acceptors (Lipinski definition) is 4. The first-order valence-electron chi connectivity index (χ1n) is 5.98. The summed E-state index contributed by atoms with van der Waals surface area (Å²) in [4.78, 5) is 9.27. The molecule has 0 atom stereocenters. The third-order valence-corrected chi connectivity index (χ3v) is 4.19. The molecule has 0 amide bonds. The topological polar surface area (TPSA) is 35.0 Å². The van der Waals surface area contributed by atoms with E-state index in [1.165, 1.54) is 11.3 Å². The second-order valence-electron chi connectivity index (χ2n) is 4.13. The molecule has 0 saturated carbocycles. The van der Waals surface area contributed by atoms with E-state index in [0.717, 1.165) is 21.6 Å². The van der Waals surface area contributed by atoms with E-state index in [9.17, 15) is 0 Å². The van der Waals surface area contributed by atoms with Gasteiger partial charge in [0.2, 0.25) is 0 Å². The second kappa shape index (κ2) is 5.61. The fourth-order valence-corrected chi connectivity index (χ4v) is 3.01. The molecule has 3 rings (SSSR count). The Morgan fingerprint density at radius 3 is 2.70 bits per heavy atom. The molecule has 0 aliphatic heterocycles. The third kappa shape index (κ3) is 2.53. The fourth-order valence-electron chi connectivity index (χ4n) is 1.91. The molecule has 100 valence electrons. The Hall–Kier alpha value is -1.91. The summed E-state index contributed by atoms with van der Waals surface area (Å²) in [5.41, 5.74) is 3.05. The van der Waals surface area contributed by atoms with Crippen molar-refractivity contribution in [3.63, 3.8) is 0 Å². The molecule has 0 radical (unpaired) electrons. The largest absolute Gasteiger partial charge is 0.473 e. The van der Waals surface area contributed by atoms with Gasteiger partial charge in [-0.05, 0) is 17.7 Å². The van der Waals surface area contributed by atoms with Crippen molar-refractivity contribution in [2.45, 2.75) is 0 Å². The highest BCUT2D eigenvalue weighted by molar-refractivity contribution is 7.16. The van der Waals surface area contributed by atoms with Crippen molar-refractivity contribution in [1.29, 1.82) is 0 Å². The summed E-state index contributed by atoms with van der Waals surface area (Å²) in [5.74, 6) is 0. The molecule has 0 N–H and O–H groups in total. The minimum absolute atomic E-state index is 0.632. The van der Waals surface area contributed by atoms with E-state index in [4.69, 9.17) is 16.3 Å². The zero-order valence-electron chi connectivity index (χ0n) is 10.7. The smallest absolute Gasteiger partial charge is 0.273 e. The maximum Gasteiger partial charge on any atom is 0.273 e. The summed E-state index contributed by atoms with van der Waals surface area (Å²) in [7, 11) is 1.61. The molecule has 3 aromatic rings. The standard InChI is InChI=1S/C15H11ClN2OS/c1-19-15-18-9-14(20-15)12-5-4-10(7-13(12)16)11-3-2-6-17-8-11/h2-9H,1H3. The van der Waals surface area contributed by atoms with Crippen molar-refractivity contribution >= 4 is 22.9 Å². The van der Waals surface area contributed by atoms with E-state index >= 15 is 0 Å². The first kappa shape index (κ1) is 13.1. The number of aromatic nitrogens is 2. The second-order valence-corrected chi connectivity index (χ2v) is 5.53. The Bertz CT molecular complexity index is 728. The average molecular weight is 303 g/mol. The van der Waals surface area contributed by atoms with Crippen LogP contribution in [0.2, 0.25) is 5.02 Å². The van der Waals surface area contributed by atoms with Crippen molar-refractivity contribution in [2.75, 3.05) is 7.11 Å². The highest BCUT2D eigenvalue weighted by Crippen LogP contribution is 2.36.